The van der Waals surface area contributed by atoms with Crippen molar-refractivity contribution in [2.45, 2.75) is 6.42 Å². The molecule has 1 aliphatic rings. The van der Waals surface area contributed by atoms with Crippen LogP contribution in [-0.2, 0) is 4.74 Å². The summed E-state index contributed by atoms with van der Waals surface area (Å²) in [5.74, 6) is -0.671. The van der Waals surface area contributed by atoms with Gasteiger partial charge in [0.05, 0.1) is 11.1 Å². The van der Waals surface area contributed by atoms with Gasteiger partial charge in [-0.1, -0.05) is 6.07 Å². The van der Waals surface area contributed by atoms with Crippen molar-refractivity contribution in [3.8, 4) is 0 Å². The number of rotatable bonds is 5. The molecule has 1 fully saturated rings. The van der Waals surface area contributed by atoms with Crippen LogP contribution in [0.15, 0.2) is 27.4 Å². The summed E-state index contributed by atoms with van der Waals surface area (Å²) in [6, 6.07) is 4.90. The van der Waals surface area contributed by atoms with Gasteiger partial charge in [0, 0.05) is 32.3 Å². The second kappa shape index (κ2) is 6.33. The van der Waals surface area contributed by atoms with Gasteiger partial charge in [-0.05, 0) is 24.5 Å². The Morgan fingerprint density at radius 1 is 1.50 bits per heavy atom. The molecule has 22 heavy (non-hydrogen) atoms. The van der Waals surface area contributed by atoms with Crippen molar-refractivity contribution in [1.82, 2.24) is 10.3 Å². The third kappa shape index (κ3) is 2.90. The average molecular weight is 306 g/mol. The Balaban J connectivity index is 1.71. The summed E-state index contributed by atoms with van der Waals surface area (Å²) in [5, 5.41) is 12.3. The van der Waals surface area contributed by atoms with E-state index in [2.05, 4.69) is 10.3 Å². The van der Waals surface area contributed by atoms with Crippen LogP contribution in [0, 0.1) is 11.8 Å². The number of benzene rings is 1. The number of hydrogen-bond donors (Lipinski definition) is 3. The number of para-hydroxylation sites is 1. The molecule has 1 aromatic heterocycles. The molecule has 0 spiro atoms. The average Bonchev–Trinajstić information content (AvgIpc) is 3.15. The van der Waals surface area contributed by atoms with Gasteiger partial charge in [0.25, 0.3) is 5.91 Å². The number of amides is 1. The van der Waals surface area contributed by atoms with Crippen LogP contribution in [-0.4, -0.2) is 42.4 Å². The van der Waals surface area contributed by atoms with Crippen molar-refractivity contribution < 1.29 is 19.1 Å². The number of hydrogen-bond acceptors (Lipinski definition) is 5. The molecule has 3 rings (SSSR count). The molecule has 0 saturated carbocycles. The summed E-state index contributed by atoms with van der Waals surface area (Å²) in [4.78, 5) is 26.1. The Morgan fingerprint density at radius 3 is 3.09 bits per heavy atom. The molecule has 0 bridgehead atoms. The van der Waals surface area contributed by atoms with E-state index in [1.165, 1.54) is 0 Å². The fourth-order valence-corrected chi connectivity index (χ4v) is 2.79. The molecule has 3 N–H and O–H groups in total. The van der Waals surface area contributed by atoms with E-state index in [0.717, 1.165) is 6.42 Å². The minimum Gasteiger partial charge on any atom is -0.408 e. The van der Waals surface area contributed by atoms with Gasteiger partial charge in [0.15, 0.2) is 5.58 Å². The molecule has 118 valence electrons. The highest BCUT2D eigenvalue weighted by atomic mass is 16.5. The second-order valence-electron chi connectivity index (χ2n) is 5.47. The first-order valence-electron chi connectivity index (χ1n) is 7.27. The quantitative estimate of drug-likeness (QED) is 0.746. The van der Waals surface area contributed by atoms with Gasteiger partial charge in [0.1, 0.15) is 0 Å². The third-order valence-electron chi connectivity index (χ3n) is 4.09. The number of nitrogens with one attached hydrogen (secondary N) is 2. The molecule has 1 saturated heterocycles. The number of oxazole rings is 1. The van der Waals surface area contributed by atoms with E-state index in [-0.39, 0.29) is 24.3 Å². The topological polar surface area (TPSA) is 105 Å². The lowest BCUT2D eigenvalue weighted by atomic mass is 9.92. The number of aliphatic hydroxyl groups is 1. The summed E-state index contributed by atoms with van der Waals surface area (Å²) >= 11 is 0. The maximum atomic E-state index is 12.3. The number of aromatic amines is 1. The van der Waals surface area contributed by atoms with Gasteiger partial charge in [-0.2, -0.15) is 0 Å². The van der Waals surface area contributed by atoms with Crippen LogP contribution < -0.4 is 11.1 Å². The number of aromatic nitrogens is 1. The predicted octanol–water partition coefficient (Wildman–Crippen LogP) is 0.496. The van der Waals surface area contributed by atoms with E-state index >= 15 is 0 Å². The summed E-state index contributed by atoms with van der Waals surface area (Å²) in [7, 11) is 0. The van der Waals surface area contributed by atoms with Gasteiger partial charge in [0.2, 0.25) is 0 Å². The molecule has 2 heterocycles. The Labute approximate surface area is 126 Å². The molecule has 0 aliphatic carbocycles. The molecular weight excluding hydrogens is 288 g/mol. The van der Waals surface area contributed by atoms with Crippen molar-refractivity contribution in [3.63, 3.8) is 0 Å². The fraction of sp³-hybridized carbons (Fsp3) is 0.467. The molecule has 7 heteroatoms. The number of carbonyl (C=O) groups excluding carboxylic acids is 1. The number of fused-ring (bicyclic) bond motifs is 1. The lowest BCUT2D eigenvalue weighted by Gasteiger charge is -2.20. The Hall–Kier alpha value is -2.12. The number of H-pyrrole nitrogens is 1. The molecule has 2 aromatic rings. The van der Waals surface area contributed by atoms with Crippen LogP contribution in [0.3, 0.4) is 0 Å². The highest BCUT2D eigenvalue weighted by molar-refractivity contribution is 6.04. The summed E-state index contributed by atoms with van der Waals surface area (Å²) in [6.45, 7) is 1.68. The SMILES string of the molecule is O=C(NCC(CO)C1CCOC1)c1cccc2oc(=O)[nH]c12. The minimum atomic E-state index is -0.591. The molecule has 1 aliphatic heterocycles. The van der Waals surface area contributed by atoms with E-state index in [1.54, 1.807) is 18.2 Å². The normalized spacial score (nSPS) is 19.4. The monoisotopic (exact) mass is 306 g/mol. The first-order chi connectivity index (χ1) is 10.7. The number of carbonyl (C=O) groups is 1. The highest BCUT2D eigenvalue weighted by Gasteiger charge is 2.26. The predicted molar refractivity (Wildman–Crippen MR) is 78.7 cm³/mol. The van der Waals surface area contributed by atoms with E-state index < -0.39 is 5.76 Å². The van der Waals surface area contributed by atoms with Crippen molar-refractivity contribution in [2.24, 2.45) is 11.8 Å². The summed E-state index contributed by atoms with van der Waals surface area (Å²) < 4.78 is 10.3. The van der Waals surface area contributed by atoms with Crippen LogP contribution >= 0.6 is 0 Å². The Bertz CT molecular complexity index is 714. The van der Waals surface area contributed by atoms with Gasteiger partial charge < -0.3 is 19.6 Å². The van der Waals surface area contributed by atoms with Crippen molar-refractivity contribution in [1.29, 1.82) is 0 Å². The maximum Gasteiger partial charge on any atom is 0.417 e. The smallest absolute Gasteiger partial charge is 0.408 e. The molecule has 0 radical (unpaired) electrons. The van der Waals surface area contributed by atoms with Gasteiger partial charge in [-0.3, -0.25) is 9.78 Å². The first kappa shape index (κ1) is 14.8. The van der Waals surface area contributed by atoms with Crippen molar-refractivity contribution in [3.05, 3.63) is 34.3 Å². The zero-order valence-corrected chi connectivity index (χ0v) is 12.0. The maximum absolute atomic E-state index is 12.3. The molecule has 1 aromatic carbocycles. The van der Waals surface area contributed by atoms with Gasteiger partial charge >= 0.3 is 5.76 Å². The standard InChI is InChI=1S/C15H18N2O5/c18-7-10(9-4-5-21-8-9)6-16-14(19)11-2-1-3-12-13(11)17-15(20)22-12/h1-3,9-10,18H,4-8H2,(H,16,19)(H,17,20). The van der Waals surface area contributed by atoms with Crippen molar-refractivity contribution in [2.75, 3.05) is 26.4 Å². The molecule has 2 unspecified atom stereocenters. The number of aliphatic hydroxyl groups excluding tert-OH is 1. The van der Waals surface area contributed by atoms with E-state index in [9.17, 15) is 14.7 Å². The summed E-state index contributed by atoms with van der Waals surface area (Å²) in [5.41, 5.74) is 1.08. The van der Waals surface area contributed by atoms with Gasteiger partial charge in [-0.15, -0.1) is 0 Å². The highest BCUT2D eigenvalue weighted by Crippen LogP contribution is 2.21. The Morgan fingerprint density at radius 2 is 2.36 bits per heavy atom. The van der Waals surface area contributed by atoms with Crippen LogP contribution in [0.4, 0.5) is 0 Å². The Kier molecular flexibility index (Phi) is 4.26. The largest absolute Gasteiger partial charge is 0.417 e. The molecular formula is C15H18N2O5. The summed E-state index contributed by atoms with van der Waals surface area (Å²) in [6.07, 6.45) is 0.895. The molecule has 2 atom stereocenters. The molecule has 1 amide bonds. The number of ether oxygens (including phenoxy) is 1. The lowest BCUT2D eigenvalue weighted by molar-refractivity contribution is 0.0919. The fourth-order valence-electron chi connectivity index (χ4n) is 2.79. The van der Waals surface area contributed by atoms with Crippen LogP contribution in [0.1, 0.15) is 16.8 Å². The first-order valence-corrected chi connectivity index (χ1v) is 7.27. The second-order valence-corrected chi connectivity index (χ2v) is 5.47. The van der Waals surface area contributed by atoms with Crippen LogP contribution in [0.2, 0.25) is 0 Å². The van der Waals surface area contributed by atoms with Crippen LogP contribution in [0.25, 0.3) is 11.1 Å². The van der Waals surface area contributed by atoms with Crippen LogP contribution in [0.5, 0.6) is 0 Å². The third-order valence-corrected chi connectivity index (χ3v) is 4.09. The van der Waals surface area contributed by atoms with E-state index in [0.29, 0.717) is 36.4 Å². The van der Waals surface area contributed by atoms with E-state index in [4.69, 9.17) is 9.15 Å². The van der Waals surface area contributed by atoms with E-state index in [1.807, 2.05) is 0 Å². The van der Waals surface area contributed by atoms with Crippen molar-refractivity contribution >= 4 is 17.0 Å². The van der Waals surface area contributed by atoms with Gasteiger partial charge in [-0.25, -0.2) is 4.79 Å². The lowest BCUT2D eigenvalue weighted by Crippen LogP contribution is -2.35. The zero-order chi connectivity index (χ0) is 15.5. The zero-order valence-electron chi connectivity index (χ0n) is 12.0. The molecule has 7 nitrogen and oxygen atoms in total. The minimum absolute atomic E-state index is 0.00104.